The highest BCUT2D eigenvalue weighted by Crippen LogP contribution is 2.16. The molecule has 2 fully saturated rings. The smallest absolute Gasteiger partial charge is 0.410 e. The topological polar surface area (TPSA) is 83.1 Å². The average molecular weight is 463 g/mol. The summed E-state index contributed by atoms with van der Waals surface area (Å²) in [4.78, 5) is 27.4. The molecular formula is C25H42N4O4. The van der Waals surface area contributed by atoms with E-state index >= 15 is 0 Å². The third-order valence-electron chi connectivity index (χ3n) is 5.06. The highest BCUT2D eigenvalue weighted by Gasteiger charge is 2.30. The number of piperazine rings is 2. The number of nitrogens with zero attached hydrogens (tertiary/aromatic N) is 2. The van der Waals surface area contributed by atoms with E-state index in [0.717, 1.165) is 45.7 Å². The summed E-state index contributed by atoms with van der Waals surface area (Å²) in [6.07, 6.45) is 0.446. The standard InChI is InChI=1S/C16H24N2O2.C9H18N2O2/c1-16(2,3)20-15(19)18-10-9-17-12-14(18)11-13-7-5-4-6-8-13;1-9(2,3)13-8(12)11-6-4-10-5-7-11/h4-8,14,17H,9-12H2,1-3H3;10H,4-7H2,1-3H3. The minimum absolute atomic E-state index is 0.154. The normalized spacial score (nSPS) is 19.3. The van der Waals surface area contributed by atoms with Crippen molar-refractivity contribution in [1.29, 1.82) is 0 Å². The van der Waals surface area contributed by atoms with Crippen molar-refractivity contribution in [3.8, 4) is 0 Å². The lowest BCUT2D eigenvalue weighted by Crippen LogP contribution is -2.55. The van der Waals surface area contributed by atoms with E-state index in [1.54, 1.807) is 4.90 Å². The molecule has 2 saturated heterocycles. The van der Waals surface area contributed by atoms with Gasteiger partial charge in [-0.2, -0.15) is 0 Å². The van der Waals surface area contributed by atoms with Gasteiger partial charge in [0.05, 0.1) is 6.04 Å². The van der Waals surface area contributed by atoms with Gasteiger partial charge in [-0.25, -0.2) is 9.59 Å². The van der Waals surface area contributed by atoms with Gasteiger partial charge in [0.15, 0.2) is 0 Å². The molecule has 2 amide bonds. The Balaban J connectivity index is 0.000000257. The van der Waals surface area contributed by atoms with E-state index in [1.165, 1.54) is 5.56 Å². The first-order valence-electron chi connectivity index (χ1n) is 11.9. The van der Waals surface area contributed by atoms with Gasteiger partial charge in [0, 0.05) is 45.8 Å². The van der Waals surface area contributed by atoms with Crippen LogP contribution in [0.15, 0.2) is 30.3 Å². The van der Waals surface area contributed by atoms with Crippen molar-refractivity contribution in [2.24, 2.45) is 0 Å². The number of hydrogen-bond donors (Lipinski definition) is 2. The van der Waals surface area contributed by atoms with Gasteiger partial charge in [-0.15, -0.1) is 0 Å². The molecule has 1 atom stereocenters. The van der Waals surface area contributed by atoms with Gasteiger partial charge in [0.1, 0.15) is 11.2 Å². The number of nitrogens with one attached hydrogen (secondary N) is 2. The van der Waals surface area contributed by atoms with Crippen LogP contribution in [0.25, 0.3) is 0 Å². The molecule has 0 aliphatic carbocycles. The summed E-state index contributed by atoms with van der Waals surface area (Å²) in [6, 6.07) is 10.4. The van der Waals surface area contributed by atoms with Crippen molar-refractivity contribution in [2.75, 3.05) is 45.8 Å². The van der Waals surface area contributed by atoms with Crippen LogP contribution < -0.4 is 10.6 Å². The molecule has 0 saturated carbocycles. The molecule has 33 heavy (non-hydrogen) atoms. The number of carbonyl (C=O) groups excluding carboxylic acids is 2. The van der Waals surface area contributed by atoms with Crippen molar-refractivity contribution in [3.05, 3.63) is 35.9 Å². The molecule has 2 aliphatic rings. The zero-order valence-corrected chi connectivity index (χ0v) is 21.1. The minimum atomic E-state index is -0.445. The Labute approximate surface area is 199 Å². The Morgan fingerprint density at radius 2 is 1.39 bits per heavy atom. The Morgan fingerprint density at radius 1 is 0.848 bits per heavy atom. The van der Waals surface area contributed by atoms with Gasteiger partial charge in [-0.05, 0) is 53.5 Å². The molecule has 8 nitrogen and oxygen atoms in total. The highest BCUT2D eigenvalue weighted by atomic mass is 16.6. The quantitative estimate of drug-likeness (QED) is 0.702. The summed E-state index contributed by atoms with van der Waals surface area (Å²) in [5.74, 6) is 0. The highest BCUT2D eigenvalue weighted by molar-refractivity contribution is 5.69. The zero-order chi connectivity index (χ0) is 24.5. The molecule has 2 aliphatic heterocycles. The first-order valence-corrected chi connectivity index (χ1v) is 11.9. The fraction of sp³-hybridized carbons (Fsp3) is 0.680. The largest absolute Gasteiger partial charge is 0.444 e. The van der Waals surface area contributed by atoms with Gasteiger partial charge in [-0.3, -0.25) is 0 Å². The van der Waals surface area contributed by atoms with Crippen LogP contribution in [-0.4, -0.2) is 85.0 Å². The van der Waals surface area contributed by atoms with Crippen molar-refractivity contribution in [2.45, 2.75) is 65.2 Å². The summed E-state index contributed by atoms with van der Waals surface area (Å²) in [5, 5.41) is 6.54. The molecule has 1 aromatic carbocycles. The zero-order valence-electron chi connectivity index (χ0n) is 21.1. The third kappa shape index (κ3) is 10.4. The van der Waals surface area contributed by atoms with E-state index in [4.69, 9.17) is 9.47 Å². The van der Waals surface area contributed by atoms with Crippen LogP contribution in [0.1, 0.15) is 47.1 Å². The lowest BCUT2D eigenvalue weighted by Gasteiger charge is -2.37. The fourth-order valence-corrected chi connectivity index (χ4v) is 3.56. The third-order valence-corrected chi connectivity index (χ3v) is 5.06. The number of amides is 2. The Bertz CT molecular complexity index is 737. The van der Waals surface area contributed by atoms with E-state index in [2.05, 4.69) is 22.8 Å². The van der Waals surface area contributed by atoms with Crippen LogP contribution in [-0.2, 0) is 15.9 Å². The van der Waals surface area contributed by atoms with Crippen LogP contribution in [0, 0.1) is 0 Å². The first kappa shape index (κ1) is 26.9. The average Bonchev–Trinajstić information content (AvgIpc) is 2.73. The SMILES string of the molecule is CC(C)(C)OC(=O)N1CCNCC1.CC(C)(C)OC(=O)N1CCNCC1Cc1ccccc1. The predicted octanol–water partition coefficient (Wildman–Crippen LogP) is 3.26. The lowest BCUT2D eigenvalue weighted by atomic mass is 10.0. The number of benzene rings is 1. The number of rotatable bonds is 2. The number of hydrogen-bond acceptors (Lipinski definition) is 6. The van der Waals surface area contributed by atoms with E-state index < -0.39 is 5.60 Å². The Morgan fingerprint density at radius 3 is 1.97 bits per heavy atom. The molecule has 3 rings (SSSR count). The van der Waals surface area contributed by atoms with Crippen molar-refractivity contribution >= 4 is 12.2 Å². The second kappa shape index (κ2) is 12.2. The van der Waals surface area contributed by atoms with Gasteiger partial charge in [0.25, 0.3) is 0 Å². The molecule has 2 N–H and O–H groups in total. The number of carbonyl (C=O) groups is 2. The maximum Gasteiger partial charge on any atom is 0.410 e. The maximum atomic E-state index is 12.3. The molecular weight excluding hydrogens is 420 g/mol. The Kier molecular flexibility index (Phi) is 9.98. The van der Waals surface area contributed by atoms with Crippen LogP contribution in [0.2, 0.25) is 0 Å². The van der Waals surface area contributed by atoms with Gasteiger partial charge >= 0.3 is 12.2 Å². The van der Waals surface area contributed by atoms with Crippen molar-refractivity contribution in [3.63, 3.8) is 0 Å². The van der Waals surface area contributed by atoms with Gasteiger partial charge < -0.3 is 29.9 Å². The van der Waals surface area contributed by atoms with Gasteiger partial charge in [-0.1, -0.05) is 30.3 Å². The summed E-state index contributed by atoms with van der Waals surface area (Å²) in [7, 11) is 0. The van der Waals surface area contributed by atoms with Crippen molar-refractivity contribution < 1.29 is 19.1 Å². The second-order valence-electron chi connectivity index (χ2n) is 10.4. The molecule has 8 heteroatoms. The van der Waals surface area contributed by atoms with E-state index in [1.807, 2.05) is 64.6 Å². The molecule has 1 aromatic rings. The molecule has 2 heterocycles. The van der Waals surface area contributed by atoms with Crippen LogP contribution in [0.3, 0.4) is 0 Å². The Hall–Kier alpha value is -2.32. The maximum absolute atomic E-state index is 12.3. The summed E-state index contributed by atoms with van der Waals surface area (Å²) < 4.78 is 10.7. The fourth-order valence-electron chi connectivity index (χ4n) is 3.56. The minimum Gasteiger partial charge on any atom is -0.444 e. The van der Waals surface area contributed by atoms with E-state index in [-0.39, 0.29) is 23.8 Å². The van der Waals surface area contributed by atoms with Gasteiger partial charge in [0.2, 0.25) is 0 Å². The molecule has 0 bridgehead atoms. The molecule has 186 valence electrons. The van der Waals surface area contributed by atoms with Crippen molar-refractivity contribution in [1.82, 2.24) is 20.4 Å². The molecule has 0 spiro atoms. The van der Waals surface area contributed by atoms with E-state index in [0.29, 0.717) is 6.54 Å². The second-order valence-corrected chi connectivity index (χ2v) is 10.4. The summed E-state index contributed by atoms with van der Waals surface area (Å²) in [6.45, 7) is 16.9. The lowest BCUT2D eigenvalue weighted by molar-refractivity contribution is 0.0121. The van der Waals surface area contributed by atoms with Crippen LogP contribution in [0.4, 0.5) is 9.59 Å². The molecule has 0 radical (unpaired) electrons. The predicted molar refractivity (Wildman–Crippen MR) is 130 cm³/mol. The van der Waals surface area contributed by atoms with E-state index in [9.17, 15) is 9.59 Å². The monoisotopic (exact) mass is 462 g/mol. The summed E-state index contributed by atoms with van der Waals surface area (Å²) in [5.41, 5.74) is 0.413. The van der Waals surface area contributed by atoms with Crippen LogP contribution in [0.5, 0.6) is 0 Å². The van der Waals surface area contributed by atoms with Crippen LogP contribution >= 0.6 is 0 Å². The first-order chi connectivity index (χ1) is 15.4. The molecule has 1 unspecified atom stereocenters. The number of ether oxygens (including phenoxy) is 2. The summed E-state index contributed by atoms with van der Waals surface area (Å²) >= 11 is 0. The molecule has 0 aromatic heterocycles.